The van der Waals surface area contributed by atoms with Crippen LogP contribution in [-0.2, 0) is 6.54 Å². The van der Waals surface area contributed by atoms with Gasteiger partial charge in [-0.15, -0.1) is 0 Å². The second kappa shape index (κ2) is 8.68. The average Bonchev–Trinajstić information content (AvgIpc) is 2.45. The highest BCUT2D eigenvalue weighted by atomic mass is 16.2. The van der Waals surface area contributed by atoms with Gasteiger partial charge in [-0.2, -0.15) is 0 Å². The number of amides is 1. The topological polar surface area (TPSA) is 24.2 Å². The van der Waals surface area contributed by atoms with Gasteiger partial charge in [-0.1, -0.05) is 19.8 Å². The van der Waals surface area contributed by atoms with Gasteiger partial charge in [-0.3, -0.25) is 4.79 Å². The van der Waals surface area contributed by atoms with Gasteiger partial charge in [0.2, 0.25) is 0 Å². The van der Waals surface area contributed by atoms with Crippen molar-refractivity contribution in [2.45, 2.75) is 53.0 Å². The third-order valence-electron chi connectivity index (χ3n) is 3.43. The molecule has 0 aliphatic heterocycles. The molecule has 1 heterocycles. The Morgan fingerprint density at radius 3 is 2.53 bits per heavy atom. The lowest BCUT2D eigenvalue weighted by Gasteiger charge is -2.17. The summed E-state index contributed by atoms with van der Waals surface area (Å²) in [4.78, 5) is 14.1. The first-order valence-corrected chi connectivity index (χ1v) is 7.51. The van der Waals surface area contributed by atoms with Crippen LogP contribution >= 0.6 is 0 Å². The van der Waals surface area contributed by atoms with Gasteiger partial charge < -0.3 is 4.90 Å². The van der Waals surface area contributed by atoms with Crippen LogP contribution in [0.2, 0.25) is 0 Å². The first-order chi connectivity index (χ1) is 9.22. The van der Waals surface area contributed by atoms with Crippen LogP contribution in [0.1, 0.15) is 56.8 Å². The van der Waals surface area contributed by atoms with E-state index in [1.54, 1.807) is 0 Å². The number of carbonyl (C=O) groups excluding carboxylic acids is 1. The van der Waals surface area contributed by atoms with E-state index in [1.807, 2.05) is 43.3 Å². The Balaban J connectivity index is 2.63. The molecule has 0 saturated heterocycles. The molecule has 1 aromatic heterocycles. The number of hydrogen-bond donors (Lipinski definition) is 0. The summed E-state index contributed by atoms with van der Waals surface area (Å²) < 4.78 is 2.13. The molecule has 0 fully saturated rings. The first kappa shape index (κ1) is 15.7. The fourth-order valence-corrected chi connectivity index (χ4v) is 2.20. The van der Waals surface area contributed by atoms with Crippen molar-refractivity contribution in [3.63, 3.8) is 0 Å². The molecule has 0 spiro atoms. The fraction of sp³-hybridized carbons (Fsp3) is 0.625. The molecule has 1 amide bonds. The van der Waals surface area contributed by atoms with E-state index in [-0.39, 0.29) is 5.91 Å². The number of unbranched alkanes of at least 4 members (excludes halogenated alkanes) is 3. The molecule has 0 aliphatic rings. The molecule has 1 rings (SSSR count). The van der Waals surface area contributed by atoms with Gasteiger partial charge in [0.15, 0.2) is 12.4 Å². The zero-order valence-corrected chi connectivity index (χ0v) is 12.6. The second-order valence-electron chi connectivity index (χ2n) is 4.87. The minimum absolute atomic E-state index is 0.132. The van der Waals surface area contributed by atoms with Gasteiger partial charge in [0.25, 0.3) is 5.91 Å². The lowest BCUT2D eigenvalue weighted by Crippen LogP contribution is -2.36. The molecule has 0 N–H and O–H groups in total. The number of nitrogens with zero attached hydrogens (tertiary/aromatic N) is 2. The van der Waals surface area contributed by atoms with E-state index in [0.29, 0.717) is 0 Å². The van der Waals surface area contributed by atoms with Crippen molar-refractivity contribution in [3.05, 3.63) is 30.1 Å². The summed E-state index contributed by atoms with van der Waals surface area (Å²) in [6.07, 6.45) is 9.01. The molecule has 0 atom stereocenters. The summed E-state index contributed by atoms with van der Waals surface area (Å²) >= 11 is 0. The van der Waals surface area contributed by atoms with Crippen molar-refractivity contribution < 1.29 is 9.36 Å². The number of rotatable bonds is 8. The van der Waals surface area contributed by atoms with E-state index >= 15 is 0 Å². The van der Waals surface area contributed by atoms with Gasteiger partial charge in [0, 0.05) is 25.6 Å². The summed E-state index contributed by atoms with van der Waals surface area (Å²) in [7, 11) is 0. The van der Waals surface area contributed by atoms with Crippen LogP contribution in [0.5, 0.6) is 0 Å². The van der Waals surface area contributed by atoms with Gasteiger partial charge >= 0.3 is 0 Å². The normalized spacial score (nSPS) is 10.5. The Morgan fingerprint density at radius 2 is 1.89 bits per heavy atom. The largest absolute Gasteiger partial charge is 0.339 e. The Hall–Kier alpha value is -1.38. The predicted octanol–water partition coefficient (Wildman–Crippen LogP) is 3.04. The molecule has 0 saturated carbocycles. The zero-order chi connectivity index (χ0) is 14.1. The molecular formula is C16H27N2O+. The highest BCUT2D eigenvalue weighted by Gasteiger charge is 2.15. The minimum Gasteiger partial charge on any atom is -0.339 e. The zero-order valence-electron chi connectivity index (χ0n) is 12.6. The van der Waals surface area contributed by atoms with Crippen LogP contribution < -0.4 is 4.57 Å². The molecule has 106 valence electrons. The van der Waals surface area contributed by atoms with Crippen LogP contribution in [0.4, 0.5) is 0 Å². The Morgan fingerprint density at radius 1 is 1.16 bits per heavy atom. The highest BCUT2D eigenvalue weighted by molar-refractivity contribution is 5.93. The smallest absolute Gasteiger partial charge is 0.259 e. The maximum Gasteiger partial charge on any atom is 0.259 e. The highest BCUT2D eigenvalue weighted by Crippen LogP contribution is 2.03. The third kappa shape index (κ3) is 5.01. The molecule has 0 aliphatic carbocycles. The molecule has 1 aromatic rings. The van der Waals surface area contributed by atoms with Crippen LogP contribution in [0.3, 0.4) is 0 Å². The van der Waals surface area contributed by atoms with E-state index in [4.69, 9.17) is 0 Å². The van der Waals surface area contributed by atoms with Gasteiger partial charge in [0.05, 0.1) is 0 Å². The molecule has 3 heteroatoms. The Labute approximate surface area is 117 Å². The predicted molar refractivity (Wildman–Crippen MR) is 78.0 cm³/mol. The number of hydrogen-bond acceptors (Lipinski definition) is 1. The number of aryl methyl sites for hydroxylation is 1. The van der Waals surface area contributed by atoms with E-state index in [2.05, 4.69) is 11.5 Å². The molecular weight excluding hydrogens is 236 g/mol. The summed E-state index contributed by atoms with van der Waals surface area (Å²) in [5.41, 5.74) is 0.793. The molecule has 0 unspecified atom stereocenters. The molecule has 0 aromatic carbocycles. The number of aromatic nitrogens is 1. The van der Waals surface area contributed by atoms with E-state index < -0.39 is 0 Å². The van der Waals surface area contributed by atoms with Gasteiger partial charge in [0.1, 0.15) is 12.1 Å². The van der Waals surface area contributed by atoms with Crippen molar-refractivity contribution in [1.29, 1.82) is 0 Å². The number of pyridine rings is 1. The van der Waals surface area contributed by atoms with E-state index in [1.165, 1.54) is 25.7 Å². The maximum atomic E-state index is 12.2. The van der Waals surface area contributed by atoms with Gasteiger partial charge in [-0.05, 0) is 26.3 Å². The van der Waals surface area contributed by atoms with E-state index in [9.17, 15) is 4.79 Å². The summed E-state index contributed by atoms with van der Waals surface area (Å²) in [5, 5.41) is 0. The fourth-order valence-electron chi connectivity index (χ4n) is 2.20. The quantitative estimate of drug-likeness (QED) is 0.522. The monoisotopic (exact) mass is 263 g/mol. The van der Waals surface area contributed by atoms with Crippen molar-refractivity contribution in [2.24, 2.45) is 0 Å². The lowest BCUT2D eigenvalue weighted by atomic mass is 10.2. The molecule has 0 radical (unpaired) electrons. The van der Waals surface area contributed by atoms with Gasteiger partial charge in [-0.25, -0.2) is 4.57 Å². The van der Waals surface area contributed by atoms with Crippen molar-refractivity contribution >= 4 is 5.91 Å². The average molecular weight is 263 g/mol. The molecule has 0 bridgehead atoms. The van der Waals surface area contributed by atoms with Crippen LogP contribution in [0, 0.1) is 0 Å². The third-order valence-corrected chi connectivity index (χ3v) is 3.43. The SMILES string of the molecule is CCCCCC[n+]1cccc(C(=O)N(CC)CC)c1. The summed E-state index contributed by atoms with van der Waals surface area (Å²) in [6, 6.07) is 3.87. The Kier molecular flexibility index (Phi) is 7.16. The lowest BCUT2D eigenvalue weighted by molar-refractivity contribution is -0.697. The standard InChI is InChI=1S/C16H27N2O/c1-4-7-8-9-12-17-13-10-11-15(14-17)16(19)18(5-2)6-3/h10-11,13-14H,4-9,12H2,1-3H3/q+1. The number of carbonyl (C=O) groups is 1. The molecule has 3 nitrogen and oxygen atoms in total. The van der Waals surface area contributed by atoms with Crippen molar-refractivity contribution in [2.75, 3.05) is 13.1 Å². The van der Waals surface area contributed by atoms with Crippen molar-refractivity contribution in [3.8, 4) is 0 Å². The van der Waals surface area contributed by atoms with Crippen LogP contribution in [0.15, 0.2) is 24.5 Å². The molecule has 19 heavy (non-hydrogen) atoms. The Bertz CT molecular complexity index is 386. The summed E-state index contributed by atoms with van der Waals surface area (Å²) in [6.45, 7) is 8.78. The van der Waals surface area contributed by atoms with Crippen LogP contribution in [-0.4, -0.2) is 23.9 Å². The van der Waals surface area contributed by atoms with E-state index in [0.717, 1.165) is 25.2 Å². The van der Waals surface area contributed by atoms with Crippen molar-refractivity contribution in [1.82, 2.24) is 4.90 Å². The summed E-state index contributed by atoms with van der Waals surface area (Å²) in [5.74, 6) is 0.132. The minimum atomic E-state index is 0.132. The first-order valence-electron chi connectivity index (χ1n) is 7.51. The second-order valence-corrected chi connectivity index (χ2v) is 4.87. The maximum absolute atomic E-state index is 12.2. The van der Waals surface area contributed by atoms with Crippen LogP contribution in [0.25, 0.3) is 0 Å².